The number of carbonyl (C=O) groups excluding carboxylic acids is 1. The summed E-state index contributed by atoms with van der Waals surface area (Å²) in [6.45, 7) is 2.58. The van der Waals surface area contributed by atoms with Gasteiger partial charge in [0.2, 0.25) is 0 Å². The van der Waals surface area contributed by atoms with Gasteiger partial charge in [-0.05, 0) is 24.6 Å². The van der Waals surface area contributed by atoms with E-state index < -0.39 is 0 Å². The molecule has 0 aliphatic carbocycles. The number of para-hydroxylation sites is 2. The monoisotopic (exact) mass is 321 g/mol. The quantitative estimate of drug-likeness (QED) is 0.802. The number of hydrogen-bond donors (Lipinski definition) is 1. The zero-order valence-corrected chi connectivity index (χ0v) is 13.7. The molecule has 0 unspecified atom stereocenters. The van der Waals surface area contributed by atoms with E-state index >= 15 is 0 Å². The summed E-state index contributed by atoms with van der Waals surface area (Å²) < 4.78 is 1.62. The SMILES string of the molecule is Cc1ccc(CN(C)C(=O)Nc2ccccc2-n2cncn2)cc1. The summed E-state index contributed by atoms with van der Waals surface area (Å²) in [5, 5.41) is 7.04. The summed E-state index contributed by atoms with van der Waals surface area (Å²) in [5.74, 6) is 0. The molecule has 122 valence electrons. The van der Waals surface area contributed by atoms with Crippen molar-refractivity contribution in [2.45, 2.75) is 13.5 Å². The third-order valence-electron chi connectivity index (χ3n) is 3.70. The Balaban J connectivity index is 1.72. The Morgan fingerprint density at radius 1 is 1.17 bits per heavy atom. The topological polar surface area (TPSA) is 63.1 Å². The predicted octanol–water partition coefficient (Wildman–Crippen LogP) is 3.24. The van der Waals surface area contributed by atoms with Gasteiger partial charge in [-0.1, -0.05) is 42.0 Å². The van der Waals surface area contributed by atoms with Gasteiger partial charge in [0.05, 0.1) is 11.4 Å². The van der Waals surface area contributed by atoms with Gasteiger partial charge >= 0.3 is 6.03 Å². The lowest BCUT2D eigenvalue weighted by Gasteiger charge is -2.19. The number of nitrogens with one attached hydrogen (secondary N) is 1. The maximum absolute atomic E-state index is 12.5. The van der Waals surface area contributed by atoms with Crippen LogP contribution in [-0.2, 0) is 6.54 Å². The van der Waals surface area contributed by atoms with E-state index in [1.807, 2.05) is 55.5 Å². The number of anilines is 1. The highest BCUT2D eigenvalue weighted by Crippen LogP contribution is 2.19. The second-order valence-corrected chi connectivity index (χ2v) is 5.63. The molecule has 6 nitrogen and oxygen atoms in total. The van der Waals surface area contributed by atoms with Gasteiger partial charge in [-0.2, -0.15) is 5.10 Å². The Morgan fingerprint density at radius 2 is 1.92 bits per heavy atom. The van der Waals surface area contributed by atoms with Gasteiger partial charge in [-0.25, -0.2) is 14.5 Å². The van der Waals surface area contributed by atoms with Gasteiger partial charge in [0, 0.05) is 13.6 Å². The minimum Gasteiger partial charge on any atom is -0.323 e. The molecule has 0 fully saturated rings. The maximum atomic E-state index is 12.5. The van der Waals surface area contributed by atoms with Crippen molar-refractivity contribution in [2.24, 2.45) is 0 Å². The van der Waals surface area contributed by atoms with Crippen molar-refractivity contribution in [3.63, 3.8) is 0 Å². The first-order valence-electron chi connectivity index (χ1n) is 7.65. The minimum atomic E-state index is -0.178. The fraction of sp³-hybridized carbons (Fsp3) is 0.167. The second-order valence-electron chi connectivity index (χ2n) is 5.63. The lowest BCUT2D eigenvalue weighted by atomic mass is 10.1. The standard InChI is InChI=1S/C18H19N5O/c1-14-7-9-15(10-8-14)11-22(2)18(24)21-16-5-3-4-6-17(16)23-13-19-12-20-23/h3-10,12-13H,11H2,1-2H3,(H,21,24). The third-order valence-corrected chi connectivity index (χ3v) is 3.70. The van der Waals surface area contributed by atoms with Crippen molar-refractivity contribution in [1.82, 2.24) is 19.7 Å². The number of aryl methyl sites for hydroxylation is 1. The van der Waals surface area contributed by atoms with E-state index in [9.17, 15) is 4.79 Å². The van der Waals surface area contributed by atoms with E-state index in [1.165, 1.54) is 11.9 Å². The molecule has 0 saturated heterocycles. The summed E-state index contributed by atoms with van der Waals surface area (Å²) in [7, 11) is 1.77. The van der Waals surface area contributed by atoms with Crippen molar-refractivity contribution < 1.29 is 4.79 Å². The molecule has 1 heterocycles. The molecule has 2 aromatic carbocycles. The van der Waals surface area contributed by atoms with Crippen molar-refractivity contribution >= 4 is 11.7 Å². The highest BCUT2D eigenvalue weighted by atomic mass is 16.2. The van der Waals surface area contributed by atoms with Crippen LogP contribution in [0.15, 0.2) is 61.2 Å². The van der Waals surface area contributed by atoms with E-state index in [0.29, 0.717) is 12.2 Å². The lowest BCUT2D eigenvalue weighted by Crippen LogP contribution is -2.31. The molecule has 3 rings (SSSR count). The predicted molar refractivity (Wildman–Crippen MR) is 93.0 cm³/mol. The largest absolute Gasteiger partial charge is 0.323 e. The van der Waals surface area contributed by atoms with Gasteiger partial charge in [-0.3, -0.25) is 0 Å². The summed E-state index contributed by atoms with van der Waals surface area (Å²) >= 11 is 0. The maximum Gasteiger partial charge on any atom is 0.321 e. The Hall–Kier alpha value is -3.15. The number of rotatable bonds is 4. The van der Waals surface area contributed by atoms with Crippen molar-refractivity contribution in [3.05, 3.63) is 72.3 Å². The average Bonchev–Trinajstić information content (AvgIpc) is 3.11. The normalized spacial score (nSPS) is 10.4. The summed E-state index contributed by atoms with van der Waals surface area (Å²) in [4.78, 5) is 18.1. The highest BCUT2D eigenvalue weighted by Gasteiger charge is 2.12. The van der Waals surface area contributed by atoms with Crippen LogP contribution in [0.2, 0.25) is 0 Å². The Morgan fingerprint density at radius 3 is 2.62 bits per heavy atom. The van der Waals surface area contributed by atoms with Crippen LogP contribution in [0.3, 0.4) is 0 Å². The van der Waals surface area contributed by atoms with Crippen LogP contribution in [0.25, 0.3) is 5.69 Å². The first-order valence-corrected chi connectivity index (χ1v) is 7.65. The molecular formula is C18H19N5O. The fourth-order valence-corrected chi connectivity index (χ4v) is 2.36. The van der Waals surface area contributed by atoms with Crippen molar-refractivity contribution in [3.8, 4) is 5.69 Å². The molecule has 1 aromatic heterocycles. The van der Waals surface area contributed by atoms with Gasteiger partial charge in [0.25, 0.3) is 0 Å². The fourth-order valence-electron chi connectivity index (χ4n) is 2.36. The van der Waals surface area contributed by atoms with Crippen molar-refractivity contribution in [1.29, 1.82) is 0 Å². The summed E-state index contributed by atoms with van der Waals surface area (Å²) in [6, 6.07) is 15.5. The molecule has 0 bridgehead atoms. The molecular weight excluding hydrogens is 302 g/mol. The van der Waals surface area contributed by atoms with E-state index in [4.69, 9.17) is 0 Å². The first kappa shape index (κ1) is 15.7. The minimum absolute atomic E-state index is 0.178. The molecule has 3 aromatic rings. The highest BCUT2D eigenvalue weighted by molar-refractivity contribution is 5.91. The molecule has 0 radical (unpaired) electrons. The van der Waals surface area contributed by atoms with Crippen LogP contribution in [0.4, 0.5) is 10.5 Å². The lowest BCUT2D eigenvalue weighted by molar-refractivity contribution is 0.220. The van der Waals surface area contributed by atoms with E-state index in [1.54, 1.807) is 23.0 Å². The van der Waals surface area contributed by atoms with E-state index in [-0.39, 0.29) is 6.03 Å². The van der Waals surface area contributed by atoms with Crippen LogP contribution in [0.1, 0.15) is 11.1 Å². The van der Waals surface area contributed by atoms with Gasteiger partial charge in [0.1, 0.15) is 12.7 Å². The molecule has 2 amide bonds. The molecule has 6 heteroatoms. The van der Waals surface area contributed by atoms with Crippen LogP contribution in [-0.4, -0.2) is 32.7 Å². The van der Waals surface area contributed by atoms with Gasteiger partial charge in [-0.15, -0.1) is 0 Å². The van der Waals surface area contributed by atoms with Gasteiger partial charge in [0.15, 0.2) is 0 Å². The van der Waals surface area contributed by atoms with Crippen molar-refractivity contribution in [2.75, 3.05) is 12.4 Å². The van der Waals surface area contributed by atoms with Crippen LogP contribution >= 0.6 is 0 Å². The summed E-state index contributed by atoms with van der Waals surface area (Å²) in [5.41, 5.74) is 3.74. The first-order chi connectivity index (χ1) is 11.6. The smallest absolute Gasteiger partial charge is 0.321 e. The molecule has 0 aliphatic rings. The number of nitrogens with zero attached hydrogens (tertiary/aromatic N) is 4. The Kier molecular flexibility index (Phi) is 4.56. The molecule has 0 saturated carbocycles. The number of amides is 2. The number of urea groups is 1. The zero-order chi connectivity index (χ0) is 16.9. The molecule has 1 N–H and O–H groups in total. The van der Waals surface area contributed by atoms with Crippen LogP contribution < -0.4 is 5.32 Å². The van der Waals surface area contributed by atoms with Crippen LogP contribution in [0.5, 0.6) is 0 Å². The third kappa shape index (κ3) is 3.60. The number of hydrogen-bond acceptors (Lipinski definition) is 3. The Labute approximate surface area is 140 Å². The van der Waals surface area contributed by atoms with E-state index in [2.05, 4.69) is 15.4 Å². The van der Waals surface area contributed by atoms with E-state index in [0.717, 1.165) is 11.3 Å². The van der Waals surface area contributed by atoms with Crippen LogP contribution in [0, 0.1) is 6.92 Å². The number of benzene rings is 2. The summed E-state index contributed by atoms with van der Waals surface area (Å²) in [6.07, 6.45) is 3.06. The molecule has 0 atom stereocenters. The number of carbonyl (C=O) groups is 1. The Bertz CT molecular complexity index is 812. The molecule has 24 heavy (non-hydrogen) atoms. The number of aromatic nitrogens is 3. The average molecular weight is 321 g/mol. The molecule has 0 aliphatic heterocycles. The van der Waals surface area contributed by atoms with Gasteiger partial charge < -0.3 is 10.2 Å². The second kappa shape index (κ2) is 6.95. The zero-order valence-electron chi connectivity index (χ0n) is 13.7. The molecule has 0 spiro atoms.